The second kappa shape index (κ2) is 6.27. The number of hydrogen-bond acceptors (Lipinski definition) is 5. The Labute approximate surface area is 132 Å². The van der Waals surface area contributed by atoms with Crippen LogP contribution in [0.25, 0.3) is 11.0 Å². The molecule has 23 heavy (non-hydrogen) atoms. The zero-order valence-electron chi connectivity index (χ0n) is 12.5. The van der Waals surface area contributed by atoms with Gasteiger partial charge in [0.15, 0.2) is 0 Å². The summed E-state index contributed by atoms with van der Waals surface area (Å²) >= 11 is 0. The molecule has 3 rings (SSSR count). The van der Waals surface area contributed by atoms with Gasteiger partial charge in [0.25, 0.3) is 5.91 Å². The smallest absolute Gasteiger partial charge is 0.275 e. The summed E-state index contributed by atoms with van der Waals surface area (Å²) in [7, 11) is 0. The first-order valence-electron chi connectivity index (χ1n) is 7.05. The van der Waals surface area contributed by atoms with Crippen molar-refractivity contribution in [3.63, 3.8) is 0 Å². The molecule has 2 aromatic carbocycles. The molecule has 0 aliphatic rings. The summed E-state index contributed by atoms with van der Waals surface area (Å²) in [5, 5.41) is 21.8. The van der Waals surface area contributed by atoms with E-state index in [-0.39, 0.29) is 11.3 Å². The average molecular weight is 309 g/mol. The number of para-hydroxylation sites is 2. The lowest BCUT2D eigenvalue weighted by Gasteiger charge is -2.05. The van der Waals surface area contributed by atoms with Crippen LogP contribution in [-0.4, -0.2) is 31.7 Å². The molecular formula is C16H15N5O2. The normalized spacial score (nSPS) is 11.6. The highest BCUT2D eigenvalue weighted by molar-refractivity contribution is 5.97. The first kappa shape index (κ1) is 14.7. The molecule has 0 aliphatic heterocycles. The second-order valence-electron chi connectivity index (χ2n) is 5.04. The van der Waals surface area contributed by atoms with Crippen molar-refractivity contribution in [3.8, 4) is 5.75 Å². The molecular weight excluding hydrogens is 294 g/mol. The molecule has 0 radical (unpaired) electrons. The van der Waals surface area contributed by atoms with Crippen molar-refractivity contribution < 1.29 is 9.90 Å². The van der Waals surface area contributed by atoms with E-state index in [4.69, 9.17) is 0 Å². The number of nitrogens with zero attached hydrogens (tertiary/aromatic N) is 4. The first-order chi connectivity index (χ1) is 11.1. The molecule has 2 N–H and O–H groups in total. The number of amides is 1. The molecule has 1 amide bonds. The Bertz CT molecular complexity index is 885. The summed E-state index contributed by atoms with van der Waals surface area (Å²) in [5.74, 6) is -0.550. The average Bonchev–Trinajstić information content (AvgIpc) is 2.96. The van der Waals surface area contributed by atoms with Crippen LogP contribution in [0.5, 0.6) is 5.75 Å². The minimum absolute atomic E-state index is 0.0832. The van der Waals surface area contributed by atoms with Gasteiger partial charge < -0.3 is 5.11 Å². The lowest BCUT2D eigenvalue weighted by molar-refractivity contribution is 0.0952. The third-order valence-electron chi connectivity index (χ3n) is 3.30. The van der Waals surface area contributed by atoms with Gasteiger partial charge in [0.2, 0.25) is 0 Å². The van der Waals surface area contributed by atoms with Crippen LogP contribution in [0.15, 0.2) is 53.6 Å². The Morgan fingerprint density at radius 2 is 1.96 bits per heavy atom. The fourth-order valence-corrected chi connectivity index (χ4v) is 2.16. The van der Waals surface area contributed by atoms with Gasteiger partial charge in [-0.2, -0.15) is 5.10 Å². The predicted molar refractivity (Wildman–Crippen MR) is 86.2 cm³/mol. The molecule has 0 spiro atoms. The van der Waals surface area contributed by atoms with E-state index in [1.54, 1.807) is 23.7 Å². The predicted octanol–water partition coefficient (Wildman–Crippen LogP) is 1.94. The first-order valence-corrected chi connectivity index (χ1v) is 7.05. The van der Waals surface area contributed by atoms with Crippen molar-refractivity contribution in [2.45, 2.75) is 13.5 Å². The van der Waals surface area contributed by atoms with Gasteiger partial charge in [0, 0.05) is 0 Å². The van der Waals surface area contributed by atoms with Crippen LogP contribution in [-0.2, 0) is 6.54 Å². The third-order valence-corrected chi connectivity index (χ3v) is 3.30. The second-order valence-corrected chi connectivity index (χ2v) is 5.04. The van der Waals surface area contributed by atoms with Crippen LogP contribution in [0, 0.1) is 0 Å². The number of aromatic nitrogens is 3. The minimum atomic E-state index is -0.467. The molecule has 0 bridgehead atoms. The number of phenols is 1. The van der Waals surface area contributed by atoms with Gasteiger partial charge in [-0.15, -0.1) is 5.10 Å². The number of rotatable bonds is 4. The molecule has 0 atom stereocenters. The van der Waals surface area contributed by atoms with Crippen molar-refractivity contribution in [2.24, 2.45) is 5.10 Å². The van der Waals surface area contributed by atoms with Crippen LogP contribution >= 0.6 is 0 Å². The summed E-state index contributed by atoms with van der Waals surface area (Å²) in [6, 6.07) is 13.9. The van der Waals surface area contributed by atoms with Gasteiger partial charge in [-0.3, -0.25) is 4.79 Å². The number of carbonyl (C=O) groups excluding carboxylic acids is 1. The van der Waals surface area contributed by atoms with E-state index in [2.05, 4.69) is 20.8 Å². The zero-order chi connectivity index (χ0) is 16.2. The molecule has 0 saturated carbocycles. The molecule has 0 aliphatic carbocycles. The quantitative estimate of drug-likeness (QED) is 0.569. The fraction of sp³-hybridized carbons (Fsp3) is 0.125. The highest BCUT2D eigenvalue weighted by Crippen LogP contribution is 2.15. The van der Waals surface area contributed by atoms with Crippen molar-refractivity contribution in [3.05, 3.63) is 54.1 Å². The number of nitrogens with one attached hydrogen (secondary N) is 1. The summed E-state index contributed by atoms with van der Waals surface area (Å²) in [6.45, 7) is 2.18. The lowest BCUT2D eigenvalue weighted by atomic mass is 10.2. The van der Waals surface area contributed by atoms with Crippen molar-refractivity contribution in [1.82, 2.24) is 20.4 Å². The summed E-state index contributed by atoms with van der Waals surface area (Å²) in [4.78, 5) is 12.0. The maximum Gasteiger partial charge on any atom is 0.275 e. The van der Waals surface area contributed by atoms with Gasteiger partial charge in [-0.1, -0.05) is 29.5 Å². The van der Waals surface area contributed by atoms with Gasteiger partial charge in [0.05, 0.1) is 23.3 Å². The summed E-state index contributed by atoms with van der Waals surface area (Å²) in [5.41, 5.74) is 4.96. The molecule has 1 heterocycles. The maximum absolute atomic E-state index is 12.0. The number of aromatic hydroxyl groups is 1. The number of hydrogen-bond donors (Lipinski definition) is 2. The van der Waals surface area contributed by atoms with Gasteiger partial charge in [-0.25, -0.2) is 10.1 Å². The van der Waals surface area contributed by atoms with E-state index in [0.29, 0.717) is 12.3 Å². The number of benzene rings is 2. The molecule has 3 aromatic rings. The number of fused-ring (bicyclic) bond motifs is 1. The Morgan fingerprint density at radius 3 is 2.78 bits per heavy atom. The Morgan fingerprint density at radius 1 is 1.22 bits per heavy atom. The van der Waals surface area contributed by atoms with Gasteiger partial charge in [0.1, 0.15) is 11.3 Å². The van der Waals surface area contributed by atoms with E-state index >= 15 is 0 Å². The van der Waals surface area contributed by atoms with E-state index in [0.717, 1.165) is 11.0 Å². The molecule has 0 unspecified atom stereocenters. The van der Waals surface area contributed by atoms with Crippen molar-refractivity contribution >= 4 is 22.7 Å². The molecule has 7 nitrogen and oxygen atoms in total. The SMILES string of the molecule is CC(Cn1nnc2ccccc21)=NNC(=O)c1ccccc1O. The van der Waals surface area contributed by atoms with Crippen molar-refractivity contribution in [1.29, 1.82) is 0 Å². The minimum Gasteiger partial charge on any atom is -0.507 e. The van der Waals surface area contributed by atoms with Crippen LogP contribution < -0.4 is 5.43 Å². The summed E-state index contributed by atoms with van der Waals surface area (Å²) < 4.78 is 1.71. The maximum atomic E-state index is 12.0. The zero-order valence-corrected chi connectivity index (χ0v) is 12.5. The number of carbonyl (C=O) groups is 1. The molecule has 116 valence electrons. The number of hydrazone groups is 1. The molecule has 0 saturated heterocycles. The van der Waals surface area contributed by atoms with E-state index in [1.807, 2.05) is 24.3 Å². The van der Waals surface area contributed by atoms with E-state index in [9.17, 15) is 9.90 Å². The Kier molecular flexibility index (Phi) is 4.01. The standard InChI is InChI=1S/C16H15N5O2/c1-11(10-21-14-8-4-3-7-13(14)18-20-21)17-19-16(23)12-6-2-5-9-15(12)22/h2-9,22H,10H2,1H3,(H,19,23). The van der Waals surface area contributed by atoms with Gasteiger partial charge >= 0.3 is 0 Å². The van der Waals surface area contributed by atoms with Crippen LogP contribution in [0.2, 0.25) is 0 Å². The lowest BCUT2D eigenvalue weighted by Crippen LogP contribution is -2.20. The Hall–Kier alpha value is -3.22. The van der Waals surface area contributed by atoms with E-state index in [1.165, 1.54) is 12.1 Å². The summed E-state index contributed by atoms with van der Waals surface area (Å²) in [6.07, 6.45) is 0. The highest BCUT2D eigenvalue weighted by Gasteiger charge is 2.09. The largest absolute Gasteiger partial charge is 0.507 e. The number of phenolic OH excluding ortho intramolecular Hbond substituents is 1. The van der Waals surface area contributed by atoms with Gasteiger partial charge in [-0.05, 0) is 31.2 Å². The highest BCUT2D eigenvalue weighted by atomic mass is 16.3. The Balaban J connectivity index is 1.71. The van der Waals surface area contributed by atoms with Crippen LogP contribution in [0.4, 0.5) is 0 Å². The molecule has 1 aromatic heterocycles. The molecule has 0 fully saturated rings. The topological polar surface area (TPSA) is 92.4 Å². The van der Waals surface area contributed by atoms with E-state index < -0.39 is 5.91 Å². The third kappa shape index (κ3) is 3.18. The molecule has 7 heteroatoms. The van der Waals surface area contributed by atoms with Crippen LogP contribution in [0.1, 0.15) is 17.3 Å². The van der Waals surface area contributed by atoms with Crippen molar-refractivity contribution in [2.75, 3.05) is 0 Å². The monoisotopic (exact) mass is 309 g/mol. The fourth-order valence-electron chi connectivity index (χ4n) is 2.16. The van der Waals surface area contributed by atoms with Crippen LogP contribution in [0.3, 0.4) is 0 Å².